The van der Waals surface area contributed by atoms with Crippen LogP contribution in [0.1, 0.15) is 168 Å². The van der Waals surface area contributed by atoms with Crippen molar-refractivity contribution in [2.45, 2.75) is 187 Å². The molecule has 0 radical (unpaired) electrons. The smallest absolute Gasteiger partial charge is 0.306 e. The number of amides is 1. The Morgan fingerprint density at radius 2 is 0.982 bits per heavy atom. The molecule has 56 heavy (non-hydrogen) atoms. The number of unbranched alkanes of at least 4 members (excludes halogenated alkanes) is 14. The molecule has 0 aromatic rings. The molecule has 3 unspecified atom stereocenters. The molecule has 0 aliphatic rings. The zero-order valence-corrected chi connectivity index (χ0v) is 35.7. The number of aliphatic hydroxyl groups is 2. The van der Waals surface area contributed by atoms with Crippen molar-refractivity contribution >= 4 is 11.9 Å². The third-order valence-electron chi connectivity index (χ3n) is 9.32. The van der Waals surface area contributed by atoms with Crippen molar-refractivity contribution in [1.29, 1.82) is 0 Å². The van der Waals surface area contributed by atoms with Crippen molar-refractivity contribution in [3.63, 3.8) is 0 Å². The number of carbonyl (C=O) groups is 2. The number of rotatable bonds is 37. The molecule has 0 heterocycles. The molecule has 0 aromatic carbocycles. The van der Waals surface area contributed by atoms with Crippen LogP contribution in [0, 0.1) is 0 Å². The second kappa shape index (κ2) is 42.7. The van der Waals surface area contributed by atoms with E-state index in [1.54, 1.807) is 0 Å². The van der Waals surface area contributed by atoms with Crippen LogP contribution >= 0.6 is 0 Å². The molecule has 0 aromatic heterocycles. The Bertz CT molecular complexity index is 1190. The van der Waals surface area contributed by atoms with Gasteiger partial charge >= 0.3 is 5.97 Å². The minimum atomic E-state index is -0.817. The van der Waals surface area contributed by atoms with E-state index >= 15 is 0 Å². The van der Waals surface area contributed by atoms with Gasteiger partial charge in [0.25, 0.3) is 0 Å². The molecular weight excluding hydrogens is 695 g/mol. The molecule has 0 saturated carbocycles. The van der Waals surface area contributed by atoms with Crippen LogP contribution in [-0.2, 0) is 14.3 Å². The number of ether oxygens (including phenoxy) is 1. The first-order valence-corrected chi connectivity index (χ1v) is 22.2. The largest absolute Gasteiger partial charge is 0.462 e. The van der Waals surface area contributed by atoms with E-state index in [1.807, 2.05) is 85.1 Å². The van der Waals surface area contributed by atoms with Crippen molar-refractivity contribution in [3.8, 4) is 0 Å². The van der Waals surface area contributed by atoms with Crippen LogP contribution in [0.25, 0.3) is 0 Å². The van der Waals surface area contributed by atoms with E-state index < -0.39 is 18.2 Å². The maximum Gasteiger partial charge on any atom is 0.306 e. The van der Waals surface area contributed by atoms with Gasteiger partial charge in [-0.05, 0) is 57.8 Å². The van der Waals surface area contributed by atoms with Gasteiger partial charge in [-0.3, -0.25) is 9.59 Å². The highest BCUT2D eigenvalue weighted by atomic mass is 16.5. The minimum Gasteiger partial charge on any atom is -0.462 e. The summed E-state index contributed by atoms with van der Waals surface area (Å²) in [4.78, 5) is 25.9. The summed E-state index contributed by atoms with van der Waals surface area (Å²) in [7, 11) is 0. The lowest BCUT2D eigenvalue weighted by Crippen LogP contribution is -2.46. The van der Waals surface area contributed by atoms with Gasteiger partial charge in [-0.15, -0.1) is 0 Å². The minimum absolute atomic E-state index is 0.00673. The maximum absolute atomic E-state index is 13.1. The van der Waals surface area contributed by atoms with E-state index in [9.17, 15) is 19.8 Å². The predicted molar refractivity (Wildman–Crippen MR) is 240 cm³/mol. The zero-order valence-electron chi connectivity index (χ0n) is 35.7. The Labute approximate surface area is 343 Å². The summed E-state index contributed by atoms with van der Waals surface area (Å²) in [5.41, 5.74) is 0. The summed E-state index contributed by atoms with van der Waals surface area (Å²) in [5.74, 6) is -0.607. The van der Waals surface area contributed by atoms with Crippen molar-refractivity contribution < 1.29 is 24.5 Å². The van der Waals surface area contributed by atoms with Crippen molar-refractivity contribution in [2.24, 2.45) is 0 Å². The van der Waals surface area contributed by atoms with Gasteiger partial charge in [0, 0.05) is 6.42 Å². The number of esters is 1. The normalized spacial score (nSPS) is 14.4. The highest BCUT2D eigenvalue weighted by Gasteiger charge is 2.23. The van der Waals surface area contributed by atoms with Crippen molar-refractivity contribution in [3.05, 3.63) is 109 Å². The van der Waals surface area contributed by atoms with Gasteiger partial charge in [-0.2, -0.15) is 0 Å². The number of nitrogens with one attached hydrogen (secondary N) is 1. The second-order valence-corrected chi connectivity index (χ2v) is 14.5. The third-order valence-corrected chi connectivity index (χ3v) is 9.32. The van der Waals surface area contributed by atoms with E-state index in [0.717, 1.165) is 70.6 Å². The van der Waals surface area contributed by atoms with E-state index in [-0.39, 0.29) is 24.9 Å². The fraction of sp³-hybridized carbons (Fsp3) is 0.600. The van der Waals surface area contributed by atoms with E-state index in [1.165, 1.54) is 51.4 Å². The first-order valence-electron chi connectivity index (χ1n) is 22.2. The van der Waals surface area contributed by atoms with Gasteiger partial charge in [-0.1, -0.05) is 207 Å². The highest BCUT2D eigenvalue weighted by molar-refractivity contribution is 5.77. The Morgan fingerprint density at radius 1 is 0.536 bits per heavy atom. The summed E-state index contributed by atoms with van der Waals surface area (Å²) in [6.07, 6.45) is 57.2. The molecule has 0 spiro atoms. The lowest BCUT2D eigenvalue weighted by molar-refractivity contribution is -0.151. The molecule has 0 bridgehead atoms. The lowest BCUT2D eigenvalue weighted by atomic mass is 10.0. The van der Waals surface area contributed by atoms with Crippen LogP contribution in [0.2, 0.25) is 0 Å². The molecule has 0 fully saturated rings. The number of hydrogen-bond acceptors (Lipinski definition) is 5. The molecule has 0 saturated heterocycles. The molecule has 0 aliphatic carbocycles. The van der Waals surface area contributed by atoms with Crippen LogP contribution in [0.5, 0.6) is 0 Å². The molecule has 3 atom stereocenters. The average Bonchev–Trinajstić information content (AvgIpc) is 3.19. The van der Waals surface area contributed by atoms with Gasteiger partial charge in [0.1, 0.15) is 6.10 Å². The summed E-state index contributed by atoms with van der Waals surface area (Å²) < 4.78 is 5.84. The van der Waals surface area contributed by atoms with Crippen LogP contribution in [-0.4, -0.2) is 46.9 Å². The zero-order chi connectivity index (χ0) is 41.0. The van der Waals surface area contributed by atoms with Gasteiger partial charge in [0.2, 0.25) is 5.91 Å². The number of aliphatic hydroxyl groups excluding tert-OH is 2. The van der Waals surface area contributed by atoms with Crippen LogP contribution in [0.15, 0.2) is 109 Å². The second-order valence-electron chi connectivity index (χ2n) is 14.5. The Morgan fingerprint density at radius 3 is 1.48 bits per heavy atom. The van der Waals surface area contributed by atoms with Crippen LogP contribution in [0.4, 0.5) is 0 Å². The third kappa shape index (κ3) is 37.4. The predicted octanol–water partition coefficient (Wildman–Crippen LogP) is 12.8. The number of carbonyl (C=O) groups excluding carboxylic acids is 2. The van der Waals surface area contributed by atoms with E-state index in [0.29, 0.717) is 19.3 Å². The Balaban J connectivity index is 4.79. The highest BCUT2D eigenvalue weighted by Crippen LogP contribution is 2.16. The quantitative estimate of drug-likeness (QED) is 0.0332. The van der Waals surface area contributed by atoms with Crippen molar-refractivity contribution in [1.82, 2.24) is 5.32 Å². The topological polar surface area (TPSA) is 95.9 Å². The van der Waals surface area contributed by atoms with Crippen LogP contribution < -0.4 is 5.32 Å². The van der Waals surface area contributed by atoms with Gasteiger partial charge in [0.15, 0.2) is 0 Å². The number of allylic oxidation sites excluding steroid dienone is 18. The summed E-state index contributed by atoms with van der Waals surface area (Å²) in [6.45, 7) is 6.12. The lowest BCUT2D eigenvalue weighted by Gasteiger charge is -2.24. The standard InChI is InChI=1S/C50H81NO5/c1-4-7-10-13-16-19-22-23-24-25-28-31-34-37-40-43-50(55)56-46(41-38-35-32-29-26-20-17-14-11-8-5-2)44-49(54)51-47(45-52)48(53)42-39-36-33-30-27-21-18-15-12-9-6-3/h7-8,10-11,13-14,16-17,19-20,22-26,28-29,32,46-48,52-53H,4-6,9,12,15,18,21,27,30-31,33-45H2,1-3H3,(H,51,54)/b10-7+,11-8+,16-13+,17-14+,22-19-,24-23-,26-20-,28-25+,32-29-. The Hall–Kier alpha value is -3.48. The summed E-state index contributed by atoms with van der Waals surface area (Å²) >= 11 is 0. The SMILES string of the molecule is CC/C=C/C=C/C=C\C=C/C=C/CCCCCC(=O)OC(CCC\C=C/C=C\C=C\C=C\CC)CC(=O)NC(CO)C(O)CCCCCCCCCCCCC. The molecule has 0 aliphatic heterocycles. The van der Waals surface area contributed by atoms with Gasteiger partial charge in [-0.25, -0.2) is 0 Å². The van der Waals surface area contributed by atoms with E-state index in [4.69, 9.17) is 4.74 Å². The van der Waals surface area contributed by atoms with Crippen LogP contribution in [0.3, 0.4) is 0 Å². The van der Waals surface area contributed by atoms with Gasteiger partial charge in [0.05, 0.1) is 25.2 Å². The molecular formula is C50H81NO5. The maximum atomic E-state index is 13.1. The fourth-order valence-corrected chi connectivity index (χ4v) is 5.99. The first-order chi connectivity index (χ1) is 27.5. The average molecular weight is 776 g/mol. The molecule has 0 rings (SSSR count). The molecule has 6 nitrogen and oxygen atoms in total. The monoisotopic (exact) mass is 776 g/mol. The van der Waals surface area contributed by atoms with Gasteiger partial charge < -0.3 is 20.3 Å². The fourth-order valence-electron chi connectivity index (χ4n) is 5.99. The molecule has 316 valence electrons. The molecule has 6 heteroatoms. The van der Waals surface area contributed by atoms with Crippen molar-refractivity contribution in [2.75, 3.05) is 6.61 Å². The van der Waals surface area contributed by atoms with E-state index in [2.05, 4.69) is 50.4 Å². The Kier molecular flexibility index (Phi) is 40.0. The molecule has 3 N–H and O–H groups in total. The summed E-state index contributed by atoms with van der Waals surface area (Å²) in [6, 6.07) is -0.737. The summed E-state index contributed by atoms with van der Waals surface area (Å²) in [5, 5.41) is 23.6. The molecule has 1 amide bonds. The first kappa shape index (κ1) is 52.5. The number of hydrogen-bond donors (Lipinski definition) is 3.